The zero-order valence-corrected chi connectivity index (χ0v) is 8.68. The summed E-state index contributed by atoms with van der Waals surface area (Å²) >= 11 is 3.22. The standard InChI is InChI=1S/C10H10BrFO/c11-8-3-9(12)5-10(4-8)13-6-7-1-2-7/h3-5,7H,1-2,6H2. The van der Waals surface area contributed by atoms with Crippen LogP contribution in [0.2, 0.25) is 0 Å². The smallest absolute Gasteiger partial charge is 0.128 e. The Morgan fingerprint density at radius 3 is 2.77 bits per heavy atom. The molecule has 0 unspecified atom stereocenters. The number of hydrogen-bond donors (Lipinski definition) is 0. The molecule has 0 bridgehead atoms. The number of hydrogen-bond acceptors (Lipinski definition) is 1. The molecule has 1 aliphatic carbocycles. The molecule has 0 heterocycles. The quantitative estimate of drug-likeness (QED) is 0.793. The molecule has 0 saturated heterocycles. The first-order valence-corrected chi connectivity index (χ1v) is 5.12. The SMILES string of the molecule is Fc1cc(Br)cc(OCC2CC2)c1. The maximum atomic E-state index is 12.9. The first-order valence-electron chi connectivity index (χ1n) is 4.33. The van der Waals surface area contributed by atoms with Gasteiger partial charge in [-0.2, -0.15) is 0 Å². The highest BCUT2D eigenvalue weighted by Crippen LogP contribution is 2.30. The second kappa shape index (κ2) is 3.66. The lowest BCUT2D eigenvalue weighted by molar-refractivity contribution is 0.298. The van der Waals surface area contributed by atoms with Crippen LogP contribution in [0, 0.1) is 11.7 Å². The van der Waals surface area contributed by atoms with Gasteiger partial charge >= 0.3 is 0 Å². The minimum absolute atomic E-state index is 0.264. The lowest BCUT2D eigenvalue weighted by Gasteiger charge is -2.05. The minimum Gasteiger partial charge on any atom is -0.493 e. The second-order valence-electron chi connectivity index (χ2n) is 3.36. The van der Waals surface area contributed by atoms with Crippen molar-refractivity contribution < 1.29 is 9.13 Å². The molecule has 1 aromatic rings. The van der Waals surface area contributed by atoms with Crippen molar-refractivity contribution in [1.82, 2.24) is 0 Å². The van der Waals surface area contributed by atoms with Gasteiger partial charge in [0.2, 0.25) is 0 Å². The van der Waals surface area contributed by atoms with E-state index in [4.69, 9.17) is 4.74 Å². The normalized spacial score (nSPS) is 15.8. The van der Waals surface area contributed by atoms with E-state index in [2.05, 4.69) is 15.9 Å². The third-order valence-electron chi connectivity index (χ3n) is 2.02. The Balaban J connectivity index is 2.01. The van der Waals surface area contributed by atoms with Crippen LogP contribution in [0.3, 0.4) is 0 Å². The van der Waals surface area contributed by atoms with Gasteiger partial charge in [-0.15, -0.1) is 0 Å². The van der Waals surface area contributed by atoms with Crippen LogP contribution in [-0.2, 0) is 0 Å². The molecule has 0 aromatic heterocycles. The van der Waals surface area contributed by atoms with Crippen molar-refractivity contribution in [3.8, 4) is 5.75 Å². The molecule has 1 fully saturated rings. The highest BCUT2D eigenvalue weighted by atomic mass is 79.9. The highest BCUT2D eigenvalue weighted by molar-refractivity contribution is 9.10. The average molecular weight is 245 g/mol. The zero-order chi connectivity index (χ0) is 9.26. The summed E-state index contributed by atoms with van der Waals surface area (Å²) in [6.45, 7) is 0.718. The molecule has 1 saturated carbocycles. The summed E-state index contributed by atoms with van der Waals surface area (Å²) < 4.78 is 19.0. The summed E-state index contributed by atoms with van der Waals surface area (Å²) in [4.78, 5) is 0. The average Bonchev–Trinajstić information content (AvgIpc) is 2.81. The van der Waals surface area contributed by atoms with Crippen molar-refractivity contribution in [3.63, 3.8) is 0 Å². The van der Waals surface area contributed by atoms with E-state index in [9.17, 15) is 4.39 Å². The van der Waals surface area contributed by atoms with Crippen LogP contribution >= 0.6 is 15.9 Å². The predicted molar refractivity (Wildman–Crippen MR) is 52.3 cm³/mol. The fraction of sp³-hybridized carbons (Fsp3) is 0.400. The van der Waals surface area contributed by atoms with Crippen molar-refractivity contribution in [1.29, 1.82) is 0 Å². The minimum atomic E-state index is -0.264. The van der Waals surface area contributed by atoms with E-state index in [1.165, 1.54) is 25.0 Å². The van der Waals surface area contributed by atoms with Gasteiger partial charge in [0.05, 0.1) is 6.61 Å². The van der Waals surface area contributed by atoms with Gasteiger partial charge in [0.1, 0.15) is 11.6 Å². The van der Waals surface area contributed by atoms with Crippen molar-refractivity contribution in [2.24, 2.45) is 5.92 Å². The topological polar surface area (TPSA) is 9.23 Å². The van der Waals surface area contributed by atoms with E-state index in [0.717, 1.165) is 11.1 Å². The van der Waals surface area contributed by atoms with Crippen LogP contribution in [0.15, 0.2) is 22.7 Å². The molecule has 1 nitrogen and oxygen atoms in total. The zero-order valence-electron chi connectivity index (χ0n) is 7.09. The summed E-state index contributed by atoms with van der Waals surface area (Å²) in [5.41, 5.74) is 0. The number of ether oxygens (including phenoxy) is 1. The van der Waals surface area contributed by atoms with E-state index in [1.54, 1.807) is 6.07 Å². The van der Waals surface area contributed by atoms with Crippen LogP contribution < -0.4 is 4.74 Å². The Hall–Kier alpha value is -0.570. The molecular weight excluding hydrogens is 235 g/mol. The Kier molecular flexibility index (Phi) is 2.54. The maximum Gasteiger partial charge on any atom is 0.128 e. The monoisotopic (exact) mass is 244 g/mol. The van der Waals surface area contributed by atoms with E-state index in [-0.39, 0.29) is 5.82 Å². The van der Waals surface area contributed by atoms with E-state index < -0.39 is 0 Å². The fourth-order valence-electron chi connectivity index (χ4n) is 1.11. The van der Waals surface area contributed by atoms with Crippen molar-refractivity contribution in [3.05, 3.63) is 28.5 Å². The van der Waals surface area contributed by atoms with E-state index in [0.29, 0.717) is 11.7 Å². The molecule has 0 radical (unpaired) electrons. The molecule has 3 heteroatoms. The summed E-state index contributed by atoms with van der Waals surface area (Å²) in [7, 11) is 0. The summed E-state index contributed by atoms with van der Waals surface area (Å²) in [5.74, 6) is 1.04. The molecule has 0 aliphatic heterocycles. The van der Waals surface area contributed by atoms with Gasteiger partial charge in [0.25, 0.3) is 0 Å². The molecule has 0 spiro atoms. The van der Waals surface area contributed by atoms with Gasteiger partial charge in [-0.1, -0.05) is 15.9 Å². The van der Waals surface area contributed by atoms with E-state index >= 15 is 0 Å². The highest BCUT2D eigenvalue weighted by Gasteiger charge is 2.21. The molecule has 1 aromatic carbocycles. The summed E-state index contributed by atoms with van der Waals surface area (Å²) in [5, 5.41) is 0. The van der Waals surface area contributed by atoms with Crippen LogP contribution in [0.5, 0.6) is 5.75 Å². The third kappa shape index (κ3) is 2.69. The van der Waals surface area contributed by atoms with Crippen LogP contribution in [0.4, 0.5) is 4.39 Å². The first-order chi connectivity index (χ1) is 6.24. The largest absolute Gasteiger partial charge is 0.493 e. The maximum absolute atomic E-state index is 12.9. The lowest BCUT2D eigenvalue weighted by atomic mass is 10.3. The number of halogens is 2. The predicted octanol–water partition coefficient (Wildman–Crippen LogP) is 3.38. The molecule has 70 valence electrons. The van der Waals surface area contributed by atoms with Gasteiger partial charge < -0.3 is 4.74 Å². The van der Waals surface area contributed by atoms with Crippen LogP contribution in [0.1, 0.15) is 12.8 Å². The Morgan fingerprint density at radius 2 is 2.15 bits per heavy atom. The van der Waals surface area contributed by atoms with E-state index in [1.807, 2.05) is 0 Å². The van der Waals surface area contributed by atoms with Gasteiger partial charge in [0.15, 0.2) is 0 Å². The lowest BCUT2D eigenvalue weighted by Crippen LogP contribution is -1.99. The third-order valence-corrected chi connectivity index (χ3v) is 2.48. The Bertz CT molecular complexity index is 290. The summed E-state index contributed by atoms with van der Waals surface area (Å²) in [6.07, 6.45) is 2.49. The van der Waals surface area contributed by atoms with Gasteiger partial charge in [0, 0.05) is 10.5 Å². The second-order valence-corrected chi connectivity index (χ2v) is 4.28. The molecular formula is C10H10BrFO. The van der Waals surface area contributed by atoms with Crippen molar-refractivity contribution in [2.75, 3.05) is 6.61 Å². The Morgan fingerprint density at radius 1 is 1.38 bits per heavy atom. The van der Waals surface area contributed by atoms with Crippen LogP contribution in [-0.4, -0.2) is 6.61 Å². The molecule has 2 rings (SSSR count). The fourth-order valence-corrected chi connectivity index (χ4v) is 1.55. The van der Waals surface area contributed by atoms with Crippen LogP contribution in [0.25, 0.3) is 0 Å². The number of rotatable bonds is 3. The molecule has 0 N–H and O–H groups in total. The summed E-state index contributed by atoms with van der Waals surface area (Å²) in [6, 6.07) is 4.61. The number of benzene rings is 1. The molecule has 13 heavy (non-hydrogen) atoms. The first kappa shape index (κ1) is 9.00. The van der Waals surface area contributed by atoms with Gasteiger partial charge in [-0.05, 0) is 30.9 Å². The van der Waals surface area contributed by atoms with Crippen molar-refractivity contribution in [2.45, 2.75) is 12.8 Å². The molecule has 0 atom stereocenters. The van der Waals surface area contributed by atoms with Gasteiger partial charge in [-0.25, -0.2) is 4.39 Å². The molecule has 1 aliphatic rings. The van der Waals surface area contributed by atoms with Gasteiger partial charge in [-0.3, -0.25) is 0 Å². The molecule has 0 amide bonds. The van der Waals surface area contributed by atoms with Crippen molar-refractivity contribution >= 4 is 15.9 Å². The Labute approximate surface area is 85.0 Å².